The first kappa shape index (κ1) is 12.7. The molecule has 2 rings (SSSR count). The van der Waals surface area contributed by atoms with Crippen molar-refractivity contribution in [3.05, 3.63) is 17.8 Å². The molecule has 2 heterocycles. The monoisotopic (exact) mass is 262 g/mol. The highest BCUT2D eigenvalue weighted by molar-refractivity contribution is 7.17. The maximum Gasteiger partial charge on any atom is 0.150 e. The van der Waals surface area contributed by atoms with Crippen molar-refractivity contribution < 1.29 is 4.74 Å². The number of rotatable bonds is 6. The molecule has 18 heavy (non-hydrogen) atoms. The second-order valence-corrected chi connectivity index (χ2v) is 4.64. The van der Waals surface area contributed by atoms with Crippen LogP contribution in [-0.2, 0) is 4.74 Å². The first-order chi connectivity index (χ1) is 8.86. The summed E-state index contributed by atoms with van der Waals surface area (Å²) in [4.78, 5) is 10.6. The Hall–Kier alpha value is -1.71. The van der Waals surface area contributed by atoms with E-state index < -0.39 is 0 Å². The lowest BCUT2D eigenvalue weighted by Crippen LogP contribution is -2.29. The van der Waals surface area contributed by atoms with Gasteiger partial charge >= 0.3 is 0 Å². The number of methoxy groups -OCH3 is 1. The van der Waals surface area contributed by atoms with Gasteiger partial charge in [-0.15, -0.1) is 11.3 Å². The third kappa shape index (κ3) is 2.75. The molecule has 0 unspecified atom stereocenters. The molecule has 0 amide bonds. The molecule has 0 saturated heterocycles. The van der Waals surface area contributed by atoms with Crippen molar-refractivity contribution in [2.45, 2.75) is 6.42 Å². The lowest BCUT2D eigenvalue weighted by Gasteiger charge is -2.22. The SMILES string of the molecule is COCCN(CCC#N)c1ncnc2ccsc12. The molecule has 0 aliphatic rings. The quantitative estimate of drug-likeness (QED) is 0.797. The summed E-state index contributed by atoms with van der Waals surface area (Å²) in [6, 6.07) is 4.14. The molecule has 2 aromatic rings. The normalized spacial score (nSPS) is 10.4. The molecule has 0 aromatic carbocycles. The van der Waals surface area contributed by atoms with Crippen molar-refractivity contribution in [2.75, 3.05) is 31.7 Å². The third-order valence-electron chi connectivity index (χ3n) is 2.58. The number of ether oxygens (including phenoxy) is 1. The van der Waals surface area contributed by atoms with E-state index in [0.717, 1.165) is 22.6 Å². The summed E-state index contributed by atoms with van der Waals surface area (Å²) in [5.74, 6) is 0.891. The zero-order chi connectivity index (χ0) is 12.8. The molecule has 0 atom stereocenters. The third-order valence-corrected chi connectivity index (χ3v) is 3.48. The molecule has 0 N–H and O–H groups in total. The highest BCUT2D eigenvalue weighted by Gasteiger charge is 2.12. The van der Waals surface area contributed by atoms with Gasteiger partial charge in [-0.05, 0) is 11.4 Å². The van der Waals surface area contributed by atoms with E-state index >= 15 is 0 Å². The van der Waals surface area contributed by atoms with Crippen LogP contribution in [0.4, 0.5) is 5.82 Å². The van der Waals surface area contributed by atoms with Gasteiger partial charge < -0.3 is 9.64 Å². The summed E-state index contributed by atoms with van der Waals surface area (Å²) >= 11 is 1.62. The molecule has 0 saturated carbocycles. The molecule has 0 spiro atoms. The lowest BCUT2D eigenvalue weighted by molar-refractivity contribution is 0.205. The van der Waals surface area contributed by atoms with Crippen LogP contribution in [0.1, 0.15) is 6.42 Å². The predicted octanol–water partition coefficient (Wildman–Crippen LogP) is 2.06. The van der Waals surface area contributed by atoms with Gasteiger partial charge in [0.05, 0.1) is 29.3 Å². The Morgan fingerprint density at radius 3 is 3.11 bits per heavy atom. The first-order valence-electron chi connectivity index (χ1n) is 5.66. The Bertz CT molecular complexity index is 548. The fourth-order valence-corrected chi connectivity index (χ4v) is 2.57. The van der Waals surface area contributed by atoms with Crippen molar-refractivity contribution in [2.24, 2.45) is 0 Å². The van der Waals surface area contributed by atoms with Gasteiger partial charge in [0, 0.05) is 20.2 Å². The Labute approximate surface area is 110 Å². The van der Waals surface area contributed by atoms with Gasteiger partial charge in [-0.2, -0.15) is 5.26 Å². The van der Waals surface area contributed by atoms with Crippen molar-refractivity contribution in [1.29, 1.82) is 5.26 Å². The van der Waals surface area contributed by atoms with Crippen LogP contribution in [0.2, 0.25) is 0 Å². The second-order valence-electron chi connectivity index (χ2n) is 3.72. The van der Waals surface area contributed by atoms with Gasteiger partial charge in [0.1, 0.15) is 12.1 Å². The minimum atomic E-state index is 0.473. The number of nitriles is 1. The van der Waals surface area contributed by atoms with Gasteiger partial charge in [0.2, 0.25) is 0 Å². The van der Waals surface area contributed by atoms with Crippen LogP contribution in [0.25, 0.3) is 10.2 Å². The fraction of sp³-hybridized carbons (Fsp3) is 0.417. The van der Waals surface area contributed by atoms with Gasteiger partial charge in [0.25, 0.3) is 0 Å². The maximum absolute atomic E-state index is 8.72. The number of hydrogen-bond donors (Lipinski definition) is 0. The molecular weight excluding hydrogens is 248 g/mol. The molecular formula is C12H14N4OS. The van der Waals surface area contributed by atoms with Crippen LogP contribution in [0.3, 0.4) is 0 Å². The second kappa shape index (κ2) is 6.28. The summed E-state index contributed by atoms with van der Waals surface area (Å²) in [5.41, 5.74) is 0.948. The van der Waals surface area contributed by atoms with Crippen LogP contribution >= 0.6 is 11.3 Å². The number of anilines is 1. The minimum Gasteiger partial charge on any atom is -0.383 e. The molecule has 0 aliphatic heterocycles. The maximum atomic E-state index is 8.72. The summed E-state index contributed by atoms with van der Waals surface area (Å²) in [5, 5.41) is 10.7. The number of aromatic nitrogens is 2. The smallest absolute Gasteiger partial charge is 0.150 e. The first-order valence-corrected chi connectivity index (χ1v) is 6.54. The van der Waals surface area contributed by atoms with E-state index in [4.69, 9.17) is 10.00 Å². The standard InChI is InChI=1S/C12H14N4OS/c1-17-7-6-16(5-2-4-13)12-11-10(3-8-18-11)14-9-15-12/h3,8-9H,2,5-7H2,1H3. The number of hydrogen-bond acceptors (Lipinski definition) is 6. The zero-order valence-corrected chi connectivity index (χ0v) is 11.0. The van der Waals surface area contributed by atoms with Crippen LogP contribution in [0.15, 0.2) is 17.8 Å². The van der Waals surface area contributed by atoms with Crippen LogP contribution in [0, 0.1) is 11.3 Å². The average Bonchev–Trinajstić information content (AvgIpc) is 2.87. The summed E-state index contributed by atoms with van der Waals surface area (Å²) in [7, 11) is 1.67. The molecule has 6 heteroatoms. The Morgan fingerprint density at radius 1 is 1.44 bits per heavy atom. The average molecular weight is 262 g/mol. The van der Waals surface area contributed by atoms with E-state index in [1.165, 1.54) is 0 Å². The molecule has 2 aromatic heterocycles. The Kier molecular flexibility index (Phi) is 4.45. The predicted molar refractivity (Wildman–Crippen MR) is 71.7 cm³/mol. The van der Waals surface area contributed by atoms with E-state index in [0.29, 0.717) is 19.6 Å². The molecule has 0 aliphatic carbocycles. The molecule has 5 nitrogen and oxygen atoms in total. The van der Waals surface area contributed by atoms with Crippen LogP contribution in [0.5, 0.6) is 0 Å². The highest BCUT2D eigenvalue weighted by Crippen LogP contribution is 2.27. The topological polar surface area (TPSA) is 62.0 Å². The Morgan fingerprint density at radius 2 is 2.33 bits per heavy atom. The summed E-state index contributed by atoms with van der Waals surface area (Å²) in [6.45, 7) is 1.99. The van der Waals surface area contributed by atoms with Gasteiger partial charge in [0.15, 0.2) is 0 Å². The Balaban J connectivity index is 2.28. The molecule has 0 bridgehead atoms. The molecule has 94 valence electrons. The lowest BCUT2D eigenvalue weighted by atomic mass is 10.3. The minimum absolute atomic E-state index is 0.473. The van der Waals surface area contributed by atoms with E-state index in [1.807, 2.05) is 11.4 Å². The van der Waals surface area contributed by atoms with Crippen LogP contribution in [-0.4, -0.2) is 36.8 Å². The van der Waals surface area contributed by atoms with Crippen molar-refractivity contribution >= 4 is 27.4 Å². The van der Waals surface area contributed by atoms with E-state index in [-0.39, 0.29) is 0 Å². The molecule has 0 radical (unpaired) electrons. The number of thiophene rings is 1. The fourth-order valence-electron chi connectivity index (χ4n) is 1.71. The van der Waals surface area contributed by atoms with E-state index in [2.05, 4.69) is 20.9 Å². The zero-order valence-electron chi connectivity index (χ0n) is 10.2. The van der Waals surface area contributed by atoms with Crippen LogP contribution < -0.4 is 4.90 Å². The van der Waals surface area contributed by atoms with Gasteiger partial charge in [-0.3, -0.25) is 0 Å². The van der Waals surface area contributed by atoms with Gasteiger partial charge in [-0.25, -0.2) is 9.97 Å². The number of nitrogens with zero attached hydrogens (tertiary/aromatic N) is 4. The molecule has 0 fully saturated rings. The highest BCUT2D eigenvalue weighted by atomic mass is 32.1. The summed E-state index contributed by atoms with van der Waals surface area (Å²) < 4.78 is 6.16. The van der Waals surface area contributed by atoms with E-state index in [9.17, 15) is 0 Å². The van der Waals surface area contributed by atoms with Gasteiger partial charge in [-0.1, -0.05) is 0 Å². The van der Waals surface area contributed by atoms with Crippen molar-refractivity contribution in [3.8, 4) is 6.07 Å². The largest absolute Gasteiger partial charge is 0.383 e. The van der Waals surface area contributed by atoms with Crippen molar-refractivity contribution in [1.82, 2.24) is 9.97 Å². The number of fused-ring (bicyclic) bond motifs is 1. The van der Waals surface area contributed by atoms with E-state index in [1.54, 1.807) is 24.8 Å². The summed E-state index contributed by atoms with van der Waals surface area (Å²) in [6.07, 6.45) is 2.04. The van der Waals surface area contributed by atoms with Crippen molar-refractivity contribution in [3.63, 3.8) is 0 Å².